The van der Waals surface area contributed by atoms with E-state index in [2.05, 4.69) is 10.3 Å². The van der Waals surface area contributed by atoms with E-state index in [-0.39, 0.29) is 5.91 Å². The van der Waals surface area contributed by atoms with E-state index in [0.717, 1.165) is 34.8 Å². The minimum atomic E-state index is -0.0511. The lowest BCUT2D eigenvalue weighted by atomic mass is 10.1. The zero-order valence-electron chi connectivity index (χ0n) is 15.2. The van der Waals surface area contributed by atoms with Crippen molar-refractivity contribution in [1.29, 1.82) is 0 Å². The summed E-state index contributed by atoms with van der Waals surface area (Å²) < 4.78 is 0. The average Bonchev–Trinajstić information content (AvgIpc) is 2.68. The van der Waals surface area contributed by atoms with Gasteiger partial charge in [0.25, 0.3) is 5.91 Å². The lowest BCUT2D eigenvalue weighted by Crippen LogP contribution is -2.26. The van der Waals surface area contributed by atoms with Crippen LogP contribution in [0, 0.1) is 0 Å². The van der Waals surface area contributed by atoms with Crippen LogP contribution in [0.5, 0.6) is 0 Å². The number of nitrogens with one attached hydrogen (secondary N) is 1. The topological polar surface area (TPSA) is 45.2 Å². The smallest absolute Gasteiger partial charge is 0.255 e. The number of aromatic nitrogens is 1. The van der Waals surface area contributed by atoms with Gasteiger partial charge in [-0.1, -0.05) is 54.1 Å². The van der Waals surface area contributed by atoms with Crippen molar-refractivity contribution in [3.8, 4) is 0 Å². The Labute approximate surface area is 164 Å². The molecule has 0 saturated carbocycles. The van der Waals surface area contributed by atoms with Gasteiger partial charge in [-0.25, -0.2) is 0 Å². The van der Waals surface area contributed by atoms with Crippen molar-refractivity contribution in [2.75, 3.05) is 18.9 Å². The molecule has 1 aromatic heterocycles. The molecule has 0 unspecified atom stereocenters. The van der Waals surface area contributed by atoms with E-state index in [0.29, 0.717) is 12.1 Å². The average molecular weight is 380 g/mol. The van der Waals surface area contributed by atoms with Gasteiger partial charge in [0, 0.05) is 37.6 Å². The maximum Gasteiger partial charge on any atom is 0.255 e. The maximum atomic E-state index is 12.7. The Morgan fingerprint density at radius 2 is 1.81 bits per heavy atom. The third-order valence-corrected chi connectivity index (χ3v) is 4.46. The normalized spacial score (nSPS) is 10.4. The number of rotatable bonds is 7. The first-order chi connectivity index (χ1) is 13.1. The van der Waals surface area contributed by atoms with Gasteiger partial charge in [-0.05, 0) is 35.7 Å². The van der Waals surface area contributed by atoms with Gasteiger partial charge in [-0.15, -0.1) is 0 Å². The Morgan fingerprint density at radius 1 is 1.04 bits per heavy atom. The van der Waals surface area contributed by atoms with E-state index < -0.39 is 0 Å². The maximum absolute atomic E-state index is 12.7. The van der Waals surface area contributed by atoms with Crippen LogP contribution in [0.2, 0.25) is 5.02 Å². The lowest BCUT2D eigenvalue weighted by Gasteiger charge is -2.17. The first kappa shape index (κ1) is 18.9. The zero-order chi connectivity index (χ0) is 19.1. The number of amides is 1. The number of halogens is 1. The number of benzene rings is 2. The van der Waals surface area contributed by atoms with Gasteiger partial charge >= 0.3 is 0 Å². The number of anilines is 1. The zero-order valence-corrected chi connectivity index (χ0v) is 16.0. The molecule has 0 spiro atoms. The Kier molecular flexibility index (Phi) is 6.44. The molecule has 1 N–H and O–H groups in total. The van der Waals surface area contributed by atoms with Crippen LogP contribution in [-0.4, -0.2) is 29.4 Å². The SMILES string of the molecule is CN(Cc1ccccc1)C(=O)c1cncc(NCCc2cccc(Cl)c2)c1. The number of carbonyl (C=O) groups is 1. The second-order valence-corrected chi connectivity index (χ2v) is 6.85. The second kappa shape index (κ2) is 9.19. The molecule has 0 bridgehead atoms. The Morgan fingerprint density at radius 3 is 2.59 bits per heavy atom. The van der Waals surface area contributed by atoms with Crippen LogP contribution < -0.4 is 5.32 Å². The molecule has 5 heteroatoms. The molecule has 0 atom stereocenters. The summed E-state index contributed by atoms with van der Waals surface area (Å²) >= 11 is 6.01. The van der Waals surface area contributed by atoms with Gasteiger partial charge in [-0.3, -0.25) is 9.78 Å². The van der Waals surface area contributed by atoms with E-state index in [1.165, 1.54) is 0 Å². The molecule has 138 valence electrons. The lowest BCUT2D eigenvalue weighted by molar-refractivity contribution is 0.0784. The Hall–Kier alpha value is -2.85. The Bertz CT molecular complexity index is 899. The summed E-state index contributed by atoms with van der Waals surface area (Å²) in [7, 11) is 1.80. The number of nitrogens with zero attached hydrogens (tertiary/aromatic N) is 2. The van der Waals surface area contributed by atoms with Gasteiger partial charge < -0.3 is 10.2 Å². The van der Waals surface area contributed by atoms with E-state index in [9.17, 15) is 4.79 Å². The van der Waals surface area contributed by atoms with Crippen LogP contribution in [0.1, 0.15) is 21.5 Å². The van der Waals surface area contributed by atoms with Crippen molar-refractivity contribution in [1.82, 2.24) is 9.88 Å². The molecular formula is C22H22ClN3O. The van der Waals surface area contributed by atoms with Crippen molar-refractivity contribution in [2.24, 2.45) is 0 Å². The highest BCUT2D eigenvalue weighted by Crippen LogP contribution is 2.14. The predicted octanol–water partition coefficient (Wildman–Crippen LogP) is 4.66. The summed E-state index contributed by atoms with van der Waals surface area (Å²) in [4.78, 5) is 18.6. The molecule has 3 aromatic rings. The van der Waals surface area contributed by atoms with Gasteiger partial charge in [0.2, 0.25) is 0 Å². The third-order valence-electron chi connectivity index (χ3n) is 4.23. The fraction of sp³-hybridized carbons (Fsp3) is 0.182. The van der Waals surface area contributed by atoms with Gasteiger partial charge in [0.1, 0.15) is 0 Å². The first-order valence-corrected chi connectivity index (χ1v) is 9.22. The molecule has 27 heavy (non-hydrogen) atoms. The molecule has 0 aliphatic rings. The summed E-state index contributed by atoms with van der Waals surface area (Å²) in [6.45, 7) is 1.30. The van der Waals surface area contributed by atoms with Crippen molar-refractivity contribution in [3.05, 3.63) is 94.8 Å². The van der Waals surface area contributed by atoms with Gasteiger partial charge in [0.15, 0.2) is 0 Å². The first-order valence-electron chi connectivity index (χ1n) is 8.84. The van der Waals surface area contributed by atoms with Crippen LogP contribution in [-0.2, 0) is 13.0 Å². The van der Waals surface area contributed by atoms with Crippen LogP contribution in [0.4, 0.5) is 5.69 Å². The summed E-state index contributed by atoms with van der Waals surface area (Å²) in [6.07, 6.45) is 4.17. The molecule has 0 aliphatic heterocycles. The molecule has 4 nitrogen and oxygen atoms in total. The van der Waals surface area contributed by atoms with Crippen molar-refractivity contribution in [2.45, 2.75) is 13.0 Å². The van der Waals surface area contributed by atoms with Crippen LogP contribution in [0.25, 0.3) is 0 Å². The number of pyridine rings is 1. The molecule has 0 saturated heterocycles. The number of hydrogen-bond donors (Lipinski definition) is 1. The fourth-order valence-electron chi connectivity index (χ4n) is 2.85. The quantitative estimate of drug-likeness (QED) is 0.649. The molecule has 0 aliphatic carbocycles. The molecule has 1 heterocycles. The number of carbonyl (C=O) groups excluding carboxylic acids is 1. The van der Waals surface area contributed by atoms with Crippen molar-refractivity contribution < 1.29 is 4.79 Å². The minimum absolute atomic E-state index is 0.0511. The summed E-state index contributed by atoms with van der Waals surface area (Å²) in [6, 6.07) is 19.6. The molecule has 2 aromatic carbocycles. The van der Waals surface area contributed by atoms with Crippen molar-refractivity contribution >= 4 is 23.2 Å². The van der Waals surface area contributed by atoms with Gasteiger partial charge in [-0.2, -0.15) is 0 Å². The summed E-state index contributed by atoms with van der Waals surface area (Å²) in [5.74, 6) is -0.0511. The molecule has 1 amide bonds. The van der Waals surface area contributed by atoms with Gasteiger partial charge in [0.05, 0.1) is 11.3 Å². The third kappa shape index (κ3) is 5.56. The van der Waals surface area contributed by atoms with E-state index >= 15 is 0 Å². The summed E-state index contributed by atoms with van der Waals surface area (Å²) in [5, 5.41) is 4.06. The highest BCUT2D eigenvalue weighted by atomic mass is 35.5. The Balaban J connectivity index is 1.58. The molecule has 0 radical (unpaired) electrons. The fourth-order valence-corrected chi connectivity index (χ4v) is 3.06. The van der Waals surface area contributed by atoms with Crippen LogP contribution in [0.3, 0.4) is 0 Å². The van der Waals surface area contributed by atoms with Crippen molar-refractivity contribution in [3.63, 3.8) is 0 Å². The minimum Gasteiger partial charge on any atom is -0.383 e. The predicted molar refractivity (Wildman–Crippen MR) is 110 cm³/mol. The second-order valence-electron chi connectivity index (χ2n) is 6.42. The number of hydrogen-bond acceptors (Lipinski definition) is 3. The molecule has 3 rings (SSSR count). The molecular weight excluding hydrogens is 358 g/mol. The molecule has 0 fully saturated rings. The van der Waals surface area contributed by atoms with Crippen LogP contribution >= 0.6 is 11.6 Å². The highest BCUT2D eigenvalue weighted by Gasteiger charge is 2.13. The van der Waals surface area contributed by atoms with E-state index in [4.69, 9.17) is 11.6 Å². The summed E-state index contributed by atoms with van der Waals surface area (Å²) in [5.41, 5.74) is 3.66. The van der Waals surface area contributed by atoms with Crippen LogP contribution in [0.15, 0.2) is 73.1 Å². The monoisotopic (exact) mass is 379 g/mol. The van der Waals surface area contributed by atoms with E-state index in [1.54, 1.807) is 24.3 Å². The highest BCUT2D eigenvalue weighted by molar-refractivity contribution is 6.30. The standard InChI is InChI=1S/C22H22ClN3O/c1-26(16-18-6-3-2-4-7-18)22(27)19-13-21(15-24-14-19)25-11-10-17-8-5-9-20(23)12-17/h2-9,12-15,25H,10-11,16H2,1H3. The largest absolute Gasteiger partial charge is 0.383 e. The van der Waals surface area contributed by atoms with E-state index in [1.807, 2.05) is 60.7 Å².